The zero-order chi connectivity index (χ0) is 47.2. The van der Waals surface area contributed by atoms with Crippen LogP contribution in [0, 0.1) is 0 Å². The molecule has 0 radical (unpaired) electrons. The summed E-state index contributed by atoms with van der Waals surface area (Å²) in [6, 6.07) is 65.6. The predicted octanol–water partition coefficient (Wildman–Crippen LogP) is 17.3. The maximum atomic E-state index is 7.35. The van der Waals surface area contributed by atoms with Crippen molar-refractivity contribution < 1.29 is 4.42 Å². The molecule has 6 heteroatoms. The van der Waals surface area contributed by atoms with Crippen molar-refractivity contribution in [1.82, 2.24) is 4.57 Å². The fourth-order valence-corrected chi connectivity index (χ4v) is 13.8. The van der Waals surface area contributed by atoms with Crippen molar-refractivity contribution in [3.05, 3.63) is 187 Å². The summed E-state index contributed by atoms with van der Waals surface area (Å²) in [5.74, 6) is 0. The summed E-state index contributed by atoms with van der Waals surface area (Å²) in [6.45, 7) is 13.8. The smallest absolute Gasteiger partial charge is 0.198 e. The normalized spacial score (nSPS) is 12.8. The Balaban J connectivity index is 1.14. The van der Waals surface area contributed by atoms with Gasteiger partial charge in [-0.1, -0.05) is 162 Å². The molecule has 0 saturated heterocycles. The molecule has 13 aromatic rings. The lowest BCUT2D eigenvalue weighted by atomic mass is 9.58. The van der Waals surface area contributed by atoms with Gasteiger partial charge in [0.25, 0.3) is 0 Å². The summed E-state index contributed by atoms with van der Waals surface area (Å²) >= 11 is 3.77. The Morgan fingerprint density at radius 2 is 1.19 bits per heavy atom. The van der Waals surface area contributed by atoms with Crippen LogP contribution in [0.5, 0.6) is 0 Å². The fourth-order valence-electron chi connectivity index (χ4n) is 11.4. The van der Waals surface area contributed by atoms with E-state index in [1.165, 1.54) is 107 Å². The number of hydrogen-bond donors (Lipinski definition) is 1. The number of para-hydroxylation sites is 1. The Hall–Kier alpha value is -7.38. The van der Waals surface area contributed by atoms with E-state index in [0.717, 1.165) is 46.3 Å². The van der Waals surface area contributed by atoms with Crippen molar-refractivity contribution >= 4 is 126 Å². The van der Waals surface area contributed by atoms with Gasteiger partial charge in [0.05, 0.1) is 11.0 Å². The largest absolute Gasteiger partial charge is 0.455 e. The summed E-state index contributed by atoms with van der Waals surface area (Å²) in [5.41, 5.74) is 19.0. The highest BCUT2D eigenvalue weighted by Crippen LogP contribution is 2.51. The van der Waals surface area contributed by atoms with Gasteiger partial charge in [-0.3, -0.25) is 0 Å². The number of nitrogens with one attached hydrogen (secondary N) is 1. The van der Waals surface area contributed by atoms with Crippen LogP contribution in [0.25, 0.3) is 112 Å². The zero-order valence-electron chi connectivity index (χ0n) is 40.1. The molecule has 0 atom stereocenters. The molecule has 0 spiro atoms. The number of benzene rings is 9. The van der Waals surface area contributed by atoms with Crippen LogP contribution in [-0.4, -0.2) is 11.8 Å². The quantitative estimate of drug-likeness (QED) is 0.174. The average Bonchev–Trinajstić information content (AvgIpc) is 4.13. The van der Waals surface area contributed by atoms with E-state index in [-0.39, 0.29) is 10.8 Å². The van der Waals surface area contributed by atoms with Gasteiger partial charge in [-0.25, -0.2) is 0 Å². The Morgan fingerprint density at radius 3 is 1.94 bits per heavy atom. The standard InChI is InChI=1S/C64H49BN2OS2/c1-63(2,3)38-25-28-40(29-26-38)66-48-35-54-43(41-21-14-16-24-52(41)69-54)32-44(48)58-59-60-56(57-42-22-13-15-23-51(42)68-61(57)58)45-31-39(64(4,5)6)27-30-49(45)67(60)50-33-46-53(34-47(50)65-59)70-62(37-19-11-8-12-20-37)55(46)36-17-9-7-10-18-36/h7-35,65-66H,1-6H3. The van der Waals surface area contributed by atoms with Gasteiger partial charge in [-0.2, -0.15) is 0 Å². The number of hydrogen-bond acceptors (Lipinski definition) is 4. The molecule has 70 heavy (non-hydrogen) atoms. The van der Waals surface area contributed by atoms with Crippen molar-refractivity contribution in [2.45, 2.75) is 52.4 Å². The van der Waals surface area contributed by atoms with E-state index in [4.69, 9.17) is 4.42 Å². The van der Waals surface area contributed by atoms with Crippen molar-refractivity contribution in [3.8, 4) is 38.4 Å². The third-order valence-corrected chi connectivity index (χ3v) is 17.2. The molecular weight excluding hydrogens is 888 g/mol. The molecule has 1 N–H and O–H groups in total. The molecule has 0 aliphatic carbocycles. The predicted molar refractivity (Wildman–Crippen MR) is 306 cm³/mol. The number of furan rings is 1. The number of thiophene rings is 2. The van der Waals surface area contributed by atoms with Crippen molar-refractivity contribution in [3.63, 3.8) is 0 Å². The van der Waals surface area contributed by atoms with Gasteiger partial charge in [-0.05, 0) is 99.2 Å². The lowest BCUT2D eigenvalue weighted by Crippen LogP contribution is -2.37. The van der Waals surface area contributed by atoms with Crippen molar-refractivity contribution in [2.24, 2.45) is 0 Å². The lowest BCUT2D eigenvalue weighted by molar-refractivity contribution is 0.590. The van der Waals surface area contributed by atoms with Gasteiger partial charge in [0, 0.05) is 90.4 Å². The molecule has 4 aromatic heterocycles. The molecule has 3 nitrogen and oxygen atoms in total. The minimum atomic E-state index is -0.0489. The van der Waals surface area contributed by atoms with E-state index in [1.807, 2.05) is 22.7 Å². The molecule has 0 saturated carbocycles. The number of anilines is 2. The lowest BCUT2D eigenvalue weighted by Gasteiger charge is -2.25. The summed E-state index contributed by atoms with van der Waals surface area (Å²) in [5, 5.41) is 12.7. The number of rotatable bonds is 5. The van der Waals surface area contributed by atoms with Crippen LogP contribution >= 0.6 is 22.7 Å². The summed E-state index contributed by atoms with van der Waals surface area (Å²) in [7, 11) is 0.744. The fraction of sp³-hybridized carbons (Fsp3) is 0.125. The molecule has 0 bridgehead atoms. The second-order valence-electron chi connectivity index (χ2n) is 21.3. The van der Waals surface area contributed by atoms with E-state index < -0.39 is 0 Å². The average molecular weight is 937 g/mol. The van der Waals surface area contributed by atoms with Gasteiger partial charge in [0.15, 0.2) is 7.28 Å². The topological polar surface area (TPSA) is 30.1 Å². The van der Waals surface area contributed by atoms with Crippen LogP contribution in [0.4, 0.5) is 11.4 Å². The van der Waals surface area contributed by atoms with Crippen LogP contribution in [0.3, 0.4) is 0 Å². The Bertz CT molecular complexity index is 4290. The van der Waals surface area contributed by atoms with Crippen LogP contribution in [0.2, 0.25) is 0 Å². The highest BCUT2D eigenvalue weighted by molar-refractivity contribution is 7.26. The second-order valence-corrected chi connectivity index (χ2v) is 23.5. The number of aromatic nitrogens is 1. The molecule has 0 unspecified atom stereocenters. The third kappa shape index (κ3) is 6.26. The first-order valence-electron chi connectivity index (χ1n) is 24.4. The molecular formula is C64H49BN2OS2. The summed E-state index contributed by atoms with van der Waals surface area (Å²) in [4.78, 5) is 1.30. The minimum Gasteiger partial charge on any atom is -0.455 e. The first-order chi connectivity index (χ1) is 34.0. The molecule has 336 valence electrons. The zero-order valence-corrected chi connectivity index (χ0v) is 41.8. The van der Waals surface area contributed by atoms with E-state index in [2.05, 4.69) is 227 Å². The summed E-state index contributed by atoms with van der Waals surface area (Å²) in [6.07, 6.45) is 0. The molecule has 1 aliphatic heterocycles. The third-order valence-electron chi connectivity index (χ3n) is 14.9. The molecule has 0 amide bonds. The SMILES string of the molecule is CC(C)(C)c1ccc(Nc2cc3sc4ccccc4c3cc2-c2c3c4c(c5cc(C(C)(C)C)ccc5n4-c4cc5c(-c6ccccc6)c(-c6ccccc6)sc5cc4B3)c3c2oc2ccccc23)cc1. The van der Waals surface area contributed by atoms with Gasteiger partial charge in [-0.15, -0.1) is 22.7 Å². The Labute approximate surface area is 415 Å². The molecule has 9 aromatic carbocycles. The van der Waals surface area contributed by atoms with Crippen LogP contribution in [0.15, 0.2) is 180 Å². The van der Waals surface area contributed by atoms with Crippen LogP contribution in [-0.2, 0) is 10.8 Å². The first-order valence-corrected chi connectivity index (χ1v) is 26.1. The molecule has 14 rings (SSSR count). The van der Waals surface area contributed by atoms with E-state index in [1.54, 1.807) is 0 Å². The maximum absolute atomic E-state index is 7.35. The highest BCUT2D eigenvalue weighted by atomic mass is 32.1. The molecule has 1 aliphatic rings. The van der Waals surface area contributed by atoms with Crippen molar-refractivity contribution in [1.29, 1.82) is 0 Å². The number of fused-ring (bicyclic) bond motifs is 13. The highest BCUT2D eigenvalue weighted by Gasteiger charge is 2.34. The van der Waals surface area contributed by atoms with Crippen LogP contribution in [0.1, 0.15) is 52.7 Å². The van der Waals surface area contributed by atoms with Gasteiger partial charge in [0.2, 0.25) is 0 Å². The monoisotopic (exact) mass is 936 g/mol. The van der Waals surface area contributed by atoms with Gasteiger partial charge in [0.1, 0.15) is 11.2 Å². The van der Waals surface area contributed by atoms with Crippen LogP contribution < -0.4 is 16.2 Å². The van der Waals surface area contributed by atoms with Gasteiger partial charge >= 0.3 is 0 Å². The Kier molecular flexibility index (Phi) is 8.95. The van der Waals surface area contributed by atoms with E-state index >= 15 is 0 Å². The van der Waals surface area contributed by atoms with Gasteiger partial charge < -0.3 is 14.3 Å². The summed E-state index contributed by atoms with van der Waals surface area (Å²) < 4.78 is 13.8. The second kappa shape index (κ2) is 15.1. The maximum Gasteiger partial charge on any atom is 0.198 e. The number of nitrogens with zero attached hydrogens (tertiary/aromatic N) is 1. The van der Waals surface area contributed by atoms with Crippen molar-refractivity contribution in [2.75, 3.05) is 5.32 Å². The molecule has 0 fully saturated rings. The first kappa shape index (κ1) is 41.6. The van der Waals surface area contributed by atoms with E-state index in [9.17, 15) is 0 Å². The Morgan fingerprint density at radius 1 is 0.514 bits per heavy atom. The minimum absolute atomic E-state index is 0.0489. The molecule has 5 heterocycles. The van der Waals surface area contributed by atoms with E-state index in [0.29, 0.717) is 0 Å².